The molecule has 0 saturated carbocycles. The highest BCUT2D eigenvalue weighted by atomic mass is 16.7. The third kappa shape index (κ3) is 3.57. The molecule has 0 saturated heterocycles. The summed E-state index contributed by atoms with van der Waals surface area (Å²) in [5.41, 5.74) is 3.32. The largest absolute Gasteiger partial charge is 0.435 e. The maximum absolute atomic E-state index is 11.6. The molecule has 122 valence electrons. The van der Waals surface area contributed by atoms with Crippen LogP contribution in [0.15, 0.2) is 54.6 Å². The Bertz CT molecular complexity index is 813. The van der Waals surface area contributed by atoms with Crippen LogP contribution in [0.2, 0.25) is 0 Å². The second-order valence-corrected chi connectivity index (χ2v) is 5.46. The summed E-state index contributed by atoms with van der Waals surface area (Å²) in [4.78, 5) is 19.0. The number of aromatic nitrogens is 4. The lowest BCUT2D eigenvalue weighted by Crippen LogP contribution is -2.32. The molecule has 0 aliphatic heterocycles. The molecule has 0 aliphatic carbocycles. The van der Waals surface area contributed by atoms with Crippen LogP contribution < -0.4 is 4.84 Å². The molecule has 0 radical (unpaired) electrons. The van der Waals surface area contributed by atoms with Crippen molar-refractivity contribution < 1.29 is 9.63 Å². The molecule has 0 atom stereocenters. The van der Waals surface area contributed by atoms with Gasteiger partial charge in [-0.2, -0.15) is 0 Å². The third-order valence-electron chi connectivity index (χ3n) is 3.46. The van der Waals surface area contributed by atoms with E-state index >= 15 is 0 Å². The van der Waals surface area contributed by atoms with Crippen molar-refractivity contribution >= 4 is 6.09 Å². The number of carbonyl (C=O) groups excluding carboxylic acids is 1. The molecule has 1 amide bonds. The van der Waals surface area contributed by atoms with Crippen LogP contribution in [0.25, 0.3) is 11.1 Å². The van der Waals surface area contributed by atoms with Crippen molar-refractivity contribution in [2.45, 2.75) is 6.42 Å². The highest BCUT2D eigenvalue weighted by molar-refractivity contribution is 5.67. The molecular weight excluding hydrogens is 306 g/mol. The van der Waals surface area contributed by atoms with E-state index in [1.54, 1.807) is 14.1 Å². The molecule has 3 rings (SSSR count). The minimum absolute atomic E-state index is 0.456. The molecule has 0 fully saturated rings. The highest BCUT2D eigenvalue weighted by Crippen LogP contribution is 2.19. The van der Waals surface area contributed by atoms with Gasteiger partial charge in [-0.15, -0.1) is 5.10 Å². The van der Waals surface area contributed by atoms with Crippen molar-refractivity contribution in [2.75, 3.05) is 14.1 Å². The summed E-state index contributed by atoms with van der Waals surface area (Å²) in [5, 5.41) is 11.2. The number of rotatable bonds is 4. The van der Waals surface area contributed by atoms with E-state index in [0.717, 1.165) is 21.5 Å². The van der Waals surface area contributed by atoms with Crippen LogP contribution in [-0.4, -0.2) is 45.5 Å². The van der Waals surface area contributed by atoms with Gasteiger partial charge in [0.1, 0.15) is 0 Å². The van der Waals surface area contributed by atoms with Crippen molar-refractivity contribution in [1.29, 1.82) is 0 Å². The van der Waals surface area contributed by atoms with Crippen LogP contribution >= 0.6 is 0 Å². The minimum atomic E-state index is -0.539. The van der Waals surface area contributed by atoms with Gasteiger partial charge in [0.2, 0.25) is 0 Å². The number of nitrogens with zero attached hydrogens (tertiary/aromatic N) is 5. The van der Waals surface area contributed by atoms with Crippen molar-refractivity contribution in [1.82, 2.24) is 25.3 Å². The molecule has 0 unspecified atom stereocenters. The fourth-order valence-corrected chi connectivity index (χ4v) is 2.16. The maximum Gasteiger partial charge on any atom is 0.435 e. The second-order valence-electron chi connectivity index (χ2n) is 5.46. The van der Waals surface area contributed by atoms with E-state index in [2.05, 4.69) is 27.7 Å². The molecule has 7 nitrogen and oxygen atoms in total. The minimum Gasteiger partial charge on any atom is -0.312 e. The predicted molar refractivity (Wildman–Crippen MR) is 88.2 cm³/mol. The smallest absolute Gasteiger partial charge is 0.312 e. The first-order valence-electron chi connectivity index (χ1n) is 7.45. The van der Waals surface area contributed by atoms with E-state index in [4.69, 9.17) is 4.84 Å². The average Bonchev–Trinajstić information content (AvgIpc) is 3.03. The Morgan fingerprint density at radius 1 is 1.04 bits per heavy atom. The first-order chi connectivity index (χ1) is 11.6. The zero-order valence-corrected chi connectivity index (χ0v) is 13.5. The van der Waals surface area contributed by atoms with E-state index < -0.39 is 6.09 Å². The number of hydrogen-bond acceptors (Lipinski definition) is 5. The number of tetrazole rings is 1. The van der Waals surface area contributed by atoms with Gasteiger partial charge in [-0.25, -0.2) is 4.79 Å². The Morgan fingerprint density at radius 2 is 1.71 bits per heavy atom. The lowest BCUT2D eigenvalue weighted by atomic mass is 10.0. The Kier molecular flexibility index (Phi) is 4.51. The van der Waals surface area contributed by atoms with E-state index in [1.165, 1.54) is 4.90 Å². The second kappa shape index (κ2) is 6.91. The third-order valence-corrected chi connectivity index (χ3v) is 3.46. The number of hydrogen-bond donors (Lipinski definition) is 0. The van der Waals surface area contributed by atoms with Gasteiger partial charge in [-0.3, -0.25) is 4.84 Å². The van der Waals surface area contributed by atoms with Crippen molar-refractivity contribution in [3.8, 4) is 11.1 Å². The van der Waals surface area contributed by atoms with Crippen LogP contribution in [0, 0.1) is 0 Å². The fraction of sp³-hybridized carbons (Fsp3) is 0.176. The molecule has 24 heavy (non-hydrogen) atoms. The molecule has 1 aromatic heterocycles. The zero-order chi connectivity index (χ0) is 16.9. The highest BCUT2D eigenvalue weighted by Gasteiger charge is 2.13. The van der Waals surface area contributed by atoms with Gasteiger partial charge in [0.15, 0.2) is 5.82 Å². The van der Waals surface area contributed by atoms with E-state index in [-0.39, 0.29) is 0 Å². The van der Waals surface area contributed by atoms with Crippen LogP contribution in [0.1, 0.15) is 11.4 Å². The summed E-state index contributed by atoms with van der Waals surface area (Å²) in [7, 11) is 3.18. The molecule has 7 heteroatoms. The maximum atomic E-state index is 11.6. The fourth-order valence-electron chi connectivity index (χ4n) is 2.16. The van der Waals surface area contributed by atoms with Crippen molar-refractivity contribution in [3.63, 3.8) is 0 Å². The molecule has 0 bridgehead atoms. The number of amides is 1. The normalized spacial score (nSPS) is 10.4. The van der Waals surface area contributed by atoms with Gasteiger partial charge in [-0.1, -0.05) is 59.4 Å². The summed E-state index contributed by atoms with van der Waals surface area (Å²) >= 11 is 0. The lowest BCUT2D eigenvalue weighted by molar-refractivity contribution is 0.0857. The monoisotopic (exact) mass is 323 g/mol. The molecule has 3 aromatic rings. The molecule has 0 aliphatic rings. The first kappa shape index (κ1) is 15.7. The van der Waals surface area contributed by atoms with E-state index in [9.17, 15) is 4.79 Å². The van der Waals surface area contributed by atoms with Gasteiger partial charge in [0.25, 0.3) is 0 Å². The summed E-state index contributed by atoms with van der Waals surface area (Å²) in [6, 6.07) is 18.3. The first-order valence-corrected chi connectivity index (χ1v) is 7.45. The zero-order valence-electron chi connectivity index (χ0n) is 13.5. The molecular formula is C17H17N5O2. The molecule has 0 spiro atoms. The molecule has 1 heterocycles. The molecule has 0 N–H and O–H groups in total. The van der Waals surface area contributed by atoms with Crippen LogP contribution in [0.4, 0.5) is 4.79 Å². The van der Waals surface area contributed by atoms with Gasteiger partial charge in [-0.05, 0) is 27.1 Å². The number of benzene rings is 2. The summed E-state index contributed by atoms with van der Waals surface area (Å²) in [6.45, 7) is 0. The summed E-state index contributed by atoms with van der Waals surface area (Å²) < 4.78 is 0. The Balaban J connectivity index is 1.73. The van der Waals surface area contributed by atoms with Crippen LogP contribution in [-0.2, 0) is 6.42 Å². The van der Waals surface area contributed by atoms with Gasteiger partial charge < -0.3 is 4.90 Å². The molecule has 2 aromatic carbocycles. The standard InChI is InChI=1S/C17H17N5O2/c1-21(2)17(23)24-22-16(18-19-20-22)12-13-8-10-15(11-9-13)14-6-4-3-5-7-14/h3-11H,12H2,1-2H3. The predicted octanol–water partition coefficient (Wildman–Crippen LogP) is 2.04. The summed E-state index contributed by atoms with van der Waals surface area (Å²) in [5.74, 6) is 0.456. The Hall–Kier alpha value is -3.22. The number of carbonyl (C=O) groups is 1. The average molecular weight is 323 g/mol. The Labute approximate surface area is 139 Å². The van der Waals surface area contributed by atoms with E-state index in [1.807, 2.05) is 42.5 Å². The quantitative estimate of drug-likeness (QED) is 0.687. The van der Waals surface area contributed by atoms with Gasteiger partial charge in [0.05, 0.1) is 0 Å². The van der Waals surface area contributed by atoms with Gasteiger partial charge in [0, 0.05) is 20.5 Å². The van der Waals surface area contributed by atoms with Gasteiger partial charge >= 0.3 is 6.09 Å². The lowest BCUT2D eigenvalue weighted by Gasteiger charge is -2.10. The van der Waals surface area contributed by atoms with Crippen LogP contribution in [0.3, 0.4) is 0 Å². The SMILES string of the molecule is CN(C)C(=O)On1nnnc1Cc1ccc(-c2ccccc2)cc1. The topological polar surface area (TPSA) is 73.1 Å². The van der Waals surface area contributed by atoms with E-state index in [0.29, 0.717) is 12.2 Å². The van der Waals surface area contributed by atoms with Crippen molar-refractivity contribution in [2.24, 2.45) is 0 Å². The van der Waals surface area contributed by atoms with Crippen molar-refractivity contribution in [3.05, 3.63) is 66.0 Å². The summed E-state index contributed by atoms with van der Waals surface area (Å²) in [6.07, 6.45) is -0.0778. The van der Waals surface area contributed by atoms with Crippen LogP contribution in [0.5, 0.6) is 0 Å². The Morgan fingerprint density at radius 3 is 2.38 bits per heavy atom.